The molecule has 0 aromatic heterocycles. The van der Waals surface area contributed by atoms with E-state index in [-0.39, 0.29) is 6.54 Å². The van der Waals surface area contributed by atoms with Crippen molar-refractivity contribution in [1.29, 1.82) is 0 Å². The average molecular weight is 195 g/mol. The third-order valence-electron chi connectivity index (χ3n) is 1.92. The number of rotatable bonds is 5. The van der Waals surface area contributed by atoms with Crippen LogP contribution >= 0.6 is 0 Å². The van der Waals surface area contributed by atoms with E-state index in [2.05, 4.69) is 0 Å². The van der Waals surface area contributed by atoms with Crippen molar-refractivity contribution in [1.82, 2.24) is 5.06 Å². The van der Waals surface area contributed by atoms with Crippen molar-refractivity contribution in [2.24, 2.45) is 0 Å². The monoisotopic (exact) mass is 195 g/mol. The average Bonchev–Trinajstić information content (AvgIpc) is 2.26. The number of carbonyl (C=O) groups is 1. The molecular weight excluding hydrogens is 182 g/mol. The van der Waals surface area contributed by atoms with Crippen LogP contribution in [0.1, 0.15) is 5.56 Å². The predicted molar refractivity (Wildman–Crippen MR) is 51.3 cm³/mol. The van der Waals surface area contributed by atoms with Gasteiger partial charge in [-0.15, -0.1) is 0 Å². The molecule has 0 saturated carbocycles. The zero-order valence-electron chi connectivity index (χ0n) is 8.01. The Balaban J connectivity index is 2.61. The fraction of sp³-hybridized carbons (Fsp3) is 0.300. The summed E-state index contributed by atoms with van der Waals surface area (Å²) in [4.78, 5) is 10.1. The first-order valence-electron chi connectivity index (χ1n) is 4.30. The first kappa shape index (κ1) is 10.5. The van der Waals surface area contributed by atoms with Crippen molar-refractivity contribution in [3.8, 4) is 5.75 Å². The maximum atomic E-state index is 10.1. The Hall–Kier alpha value is -1.55. The fourth-order valence-corrected chi connectivity index (χ4v) is 1.20. The van der Waals surface area contributed by atoms with E-state index < -0.39 is 0 Å². The van der Waals surface area contributed by atoms with Crippen LogP contribution in [0.3, 0.4) is 0 Å². The summed E-state index contributed by atoms with van der Waals surface area (Å²) < 4.78 is 5.12. The number of hydrogen-bond donors (Lipinski definition) is 1. The second-order valence-corrected chi connectivity index (χ2v) is 2.83. The Morgan fingerprint density at radius 3 is 2.86 bits per heavy atom. The highest BCUT2D eigenvalue weighted by atomic mass is 16.5. The standard InChI is InChI=1S/C10H13NO3/c1-14-10-5-3-2-4-9(10)6-7-11(13)8-12/h2-5,8,13H,6-7H2,1H3. The molecule has 0 radical (unpaired) electrons. The Labute approximate surface area is 82.7 Å². The summed E-state index contributed by atoms with van der Waals surface area (Å²) in [6, 6.07) is 7.51. The van der Waals surface area contributed by atoms with Crippen LogP contribution < -0.4 is 4.74 Å². The van der Waals surface area contributed by atoms with E-state index >= 15 is 0 Å². The number of amides is 1. The van der Waals surface area contributed by atoms with Crippen molar-refractivity contribution in [3.63, 3.8) is 0 Å². The summed E-state index contributed by atoms with van der Waals surface area (Å²) in [5.41, 5.74) is 0.968. The summed E-state index contributed by atoms with van der Waals surface area (Å²) in [6.07, 6.45) is 0.953. The van der Waals surface area contributed by atoms with Gasteiger partial charge in [-0.25, -0.2) is 5.06 Å². The number of carbonyl (C=O) groups excluding carboxylic acids is 1. The SMILES string of the molecule is COc1ccccc1CCN(O)C=O. The molecule has 76 valence electrons. The summed E-state index contributed by atoms with van der Waals surface area (Å²) in [7, 11) is 1.59. The van der Waals surface area contributed by atoms with Gasteiger partial charge in [0.1, 0.15) is 5.75 Å². The zero-order valence-corrected chi connectivity index (χ0v) is 8.01. The number of methoxy groups -OCH3 is 1. The Kier molecular flexibility index (Phi) is 3.94. The molecule has 0 aliphatic heterocycles. The molecule has 0 aliphatic rings. The van der Waals surface area contributed by atoms with Gasteiger partial charge >= 0.3 is 0 Å². The molecule has 14 heavy (non-hydrogen) atoms. The maximum absolute atomic E-state index is 10.1. The molecule has 1 N–H and O–H groups in total. The molecule has 0 unspecified atom stereocenters. The Morgan fingerprint density at radius 2 is 2.21 bits per heavy atom. The van der Waals surface area contributed by atoms with Crippen LogP contribution in [0.5, 0.6) is 5.75 Å². The van der Waals surface area contributed by atoms with Crippen molar-refractivity contribution in [3.05, 3.63) is 29.8 Å². The molecule has 1 rings (SSSR count). The van der Waals surface area contributed by atoms with Gasteiger partial charge in [0.25, 0.3) is 0 Å². The van der Waals surface area contributed by atoms with E-state index in [1.54, 1.807) is 7.11 Å². The topological polar surface area (TPSA) is 49.8 Å². The third-order valence-corrected chi connectivity index (χ3v) is 1.92. The van der Waals surface area contributed by atoms with Gasteiger partial charge in [-0.3, -0.25) is 10.0 Å². The summed E-state index contributed by atoms with van der Waals surface area (Å²) >= 11 is 0. The first-order chi connectivity index (χ1) is 6.77. The Morgan fingerprint density at radius 1 is 1.50 bits per heavy atom. The minimum atomic E-state index is 0.268. The van der Waals surface area contributed by atoms with Crippen LogP contribution in [0.4, 0.5) is 0 Å². The van der Waals surface area contributed by atoms with Gasteiger partial charge in [-0.1, -0.05) is 18.2 Å². The van der Waals surface area contributed by atoms with Crippen molar-refractivity contribution in [2.45, 2.75) is 6.42 Å². The predicted octanol–water partition coefficient (Wildman–Crippen LogP) is 1.09. The van der Waals surface area contributed by atoms with Crippen LogP contribution in [0.2, 0.25) is 0 Å². The minimum absolute atomic E-state index is 0.268. The molecule has 0 bridgehead atoms. The van der Waals surface area contributed by atoms with E-state index in [9.17, 15) is 4.79 Å². The molecular formula is C10H13NO3. The van der Waals surface area contributed by atoms with Crippen LogP contribution in [-0.4, -0.2) is 30.3 Å². The summed E-state index contributed by atoms with van der Waals surface area (Å²) in [6.45, 7) is 0.268. The van der Waals surface area contributed by atoms with Gasteiger partial charge in [0.15, 0.2) is 0 Å². The molecule has 0 saturated heterocycles. The lowest BCUT2D eigenvalue weighted by molar-refractivity contribution is -0.149. The van der Waals surface area contributed by atoms with E-state index in [0.29, 0.717) is 17.9 Å². The molecule has 0 aliphatic carbocycles. The molecule has 0 spiro atoms. The largest absolute Gasteiger partial charge is 0.496 e. The maximum Gasteiger partial charge on any atom is 0.233 e. The Bertz CT molecular complexity index is 301. The molecule has 0 heterocycles. The first-order valence-corrected chi connectivity index (χ1v) is 4.30. The van der Waals surface area contributed by atoms with Crippen molar-refractivity contribution in [2.75, 3.05) is 13.7 Å². The summed E-state index contributed by atoms with van der Waals surface area (Å²) in [5, 5.41) is 9.52. The molecule has 4 nitrogen and oxygen atoms in total. The van der Waals surface area contributed by atoms with Gasteiger partial charge < -0.3 is 4.74 Å². The molecule has 1 aromatic rings. The van der Waals surface area contributed by atoms with E-state index in [0.717, 1.165) is 11.3 Å². The molecule has 4 heteroatoms. The minimum Gasteiger partial charge on any atom is -0.496 e. The normalized spacial score (nSPS) is 9.57. The van der Waals surface area contributed by atoms with Gasteiger partial charge in [0, 0.05) is 0 Å². The number of benzene rings is 1. The zero-order chi connectivity index (χ0) is 10.4. The van der Waals surface area contributed by atoms with Crippen molar-refractivity contribution < 1.29 is 14.7 Å². The van der Waals surface area contributed by atoms with Gasteiger partial charge in [0.05, 0.1) is 13.7 Å². The highest BCUT2D eigenvalue weighted by Crippen LogP contribution is 2.17. The lowest BCUT2D eigenvalue weighted by Crippen LogP contribution is -2.19. The number of hydrogen-bond acceptors (Lipinski definition) is 3. The fourth-order valence-electron chi connectivity index (χ4n) is 1.20. The van der Waals surface area contributed by atoms with Gasteiger partial charge in [-0.05, 0) is 18.1 Å². The highest BCUT2D eigenvalue weighted by Gasteiger charge is 2.03. The van der Waals surface area contributed by atoms with Crippen LogP contribution in [-0.2, 0) is 11.2 Å². The van der Waals surface area contributed by atoms with Crippen molar-refractivity contribution >= 4 is 6.41 Å². The van der Waals surface area contributed by atoms with E-state index in [1.165, 1.54) is 0 Å². The molecule has 0 fully saturated rings. The summed E-state index contributed by atoms with van der Waals surface area (Å²) in [5.74, 6) is 0.770. The van der Waals surface area contributed by atoms with E-state index in [1.807, 2.05) is 24.3 Å². The number of ether oxygens (including phenoxy) is 1. The quantitative estimate of drug-likeness (QED) is 0.434. The number of nitrogens with zero attached hydrogens (tertiary/aromatic N) is 1. The molecule has 0 atom stereocenters. The van der Waals surface area contributed by atoms with E-state index in [4.69, 9.17) is 9.94 Å². The van der Waals surface area contributed by atoms with Gasteiger partial charge in [-0.2, -0.15) is 0 Å². The lowest BCUT2D eigenvalue weighted by Gasteiger charge is -2.10. The molecule has 1 aromatic carbocycles. The number of hydroxylamine groups is 2. The van der Waals surface area contributed by atoms with Crippen LogP contribution in [0, 0.1) is 0 Å². The molecule has 1 amide bonds. The second-order valence-electron chi connectivity index (χ2n) is 2.83. The van der Waals surface area contributed by atoms with Crippen LogP contribution in [0.15, 0.2) is 24.3 Å². The smallest absolute Gasteiger partial charge is 0.233 e. The van der Waals surface area contributed by atoms with Crippen LogP contribution in [0.25, 0.3) is 0 Å². The lowest BCUT2D eigenvalue weighted by atomic mass is 10.1. The third kappa shape index (κ3) is 2.74. The number of para-hydroxylation sites is 1. The van der Waals surface area contributed by atoms with Gasteiger partial charge in [0.2, 0.25) is 6.41 Å². The highest BCUT2D eigenvalue weighted by molar-refractivity contribution is 5.45. The second kappa shape index (κ2) is 5.24.